The zero-order valence-corrected chi connectivity index (χ0v) is 13.0. The minimum absolute atomic E-state index is 0.138. The number of hydrogen-bond acceptors (Lipinski definition) is 5. The highest BCUT2D eigenvalue weighted by Gasteiger charge is 2.07. The van der Waals surface area contributed by atoms with Crippen LogP contribution >= 0.6 is 35.3 Å². The molecule has 2 aromatic rings. The van der Waals surface area contributed by atoms with Crippen molar-refractivity contribution in [1.82, 2.24) is 15.8 Å². The Morgan fingerprint density at radius 1 is 1.45 bits per heavy atom. The molecular weight excluding hydrogens is 310 g/mol. The van der Waals surface area contributed by atoms with Gasteiger partial charge >= 0.3 is 0 Å². The Morgan fingerprint density at radius 3 is 3.00 bits per heavy atom. The number of carbonyl (C=O) groups is 1. The number of para-hydroxylation sites is 1. The summed E-state index contributed by atoms with van der Waals surface area (Å²) in [4.78, 5) is 16.6. The maximum absolute atomic E-state index is 11.6. The number of hydrogen-bond donors (Lipinski definition) is 2. The lowest BCUT2D eigenvalue weighted by Gasteiger charge is -2.06. The van der Waals surface area contributed by atoms with E-state index in [1.54, 1.807) is 17.4 Å². The summed E-state index contributed by atoms with van der Waals surface area (Å²) in [5.74, 6) is 0.157. The lowest BCUT2D eigenvalue weighted by atomic mass is 10.3. The van der Waals surface area contributed by atoms with Gasteiger partial charge in [-0.1, -0.05) is 42.2 Å². The van der Waals surface area contributed by atoms with Gasteiger partial charge in [0.25, 0.3) is 0 Å². The minimum Gasteiger partial charge on any atom is -0.292 e. The van der Waals surface area contributed by atoms with Crippen LogP contribution in [0.2, 0.25) is 0 Å². The van der Waals surface area contributed by atoms with Crippen LogP contribution in [-0.4, -0.2) is 21.6 Å². The summed E-state index contributed by atoms with van der Waals surface area (Å²) in [6, 6.07) is 7.91. The summed E-state index contributed by atoms with van der Waals surface area (Å²) in [6.45, 7) is 3.57. The van der Waals surface area contributed by atoms with E-state index in [0.29, 0.717) is 17.2 Å². The fourth-order valence-electron chi connectivity index (χ4n) is 1.40. The van der Waals surface area contributed by atoms with Crippen molar-refractivity contribution in [3.8, 4) is 0 Å². The van der Waals surface area contributed by atoms with Gasteiger partial charge in [0.1, 0.15) is 0 Å². The van der Waals surface area contributed by atoms with Crippen LogP contribution in [0.5, 0.6) is 0 Å². The monoisotopic (exact) mass is 323 g/mol. The van der Waals surface area contributed by atoms with Crippen molar-refractivity contribution in [2.75, 3.05) is 5.75 Å². The quantitative estimate of drug-likeness (QED) is 0.383. The highest BCUT2D eigenvalue weighted by molar-refractivity contribution is 8.01. The first-order chi connectivity index (χ1) is 9.69. The Balaban J connectivity index is 1.81. The molecule has 0 aliphatic rings. The number of benzene rings is 1. The molecule has 0 aliphatic carbocycles. The highest BCUT2D eigenvalue weighted by Crippen LogP contribution is 2.28. The van der Waals surface area contributed by atoms with Gasteiger partial charge in [-0.15, -0.1) is 17.9 Å². The Morgan fingerprint density at radius 2 is 2.25 bits per heavy atom. The number of rotatable bonds is 5. The molecule has 0 aliphatic heterocycles. The third kappa shape index (κ3) is 4.29. The van der Waals surface area contributed by atoms with E-state index < -0.39 is 0 Å². The Hall–Kier alpha value is -1.44. The summed E-state index contributed by atoms with van der Waals surface area (Å²) in [5.41, 5.74) is 6.19. The molecule has 1 aromatic heterocycles. The minimum atomic E-state index is -0.138. The van der Waals surface area contributed by atoms with Crippen LogP contribution < -0.4 is 10.9 Å². The third-order valence-corrected chi connectivity index (χ3v) is 4.72. The predicted molar refractivity (Wildman–Crippen MR) is 89.0 cm³/mol. The molecule has 4 nitrogen and oxygen atoms in total. The van der Waals surface area contributed by atoms with Crippen LogP contribution in [0.25, 0.3) is 10.2 Å². The number of carbonyl (C=O) groups excluding carboxylic acids is 1. The van der Waals surface area contributed by atoms with Gasteiger partial charge in [0, 0.05) is 6.42 Å². The average molecular weight is 323 g/mol. The lowest BCUT2D eigenvalue weighted by Crippen LogP contribution is -2.41. The van der Waals surface area contributed by atoms with Gasteiger partial charge in [0.2, 0.25) is 5.91 Å². The molecule has 0 atom stereocenters. The molecule has 1 heterocycles. The van der Waals surface area contributed by atoms with Gasteiger partial charge in [-0.3, -0.25) is 15.6 Å². The number of nitrogens with one attached hydrogen (secondary N) is 2. The first kappa shape index (κ1) is 15.0. The molecule has 0 saturated heterocycles. The summed E-state index contributed by atoms with van der Waals surface area (Å²) in [6.07, 6.45) is 2.22. The van der Waals surface area contributed by atoms with E-state index >= 15 is 0 Å². The van der Waals surface area contributed by atoms with Crippen molar-refractivity contribution in [2.45, 2.75) is 10.8 Å². The summed E-state index contributed by atoms with van der Waals surface area (Å²) in [5, 5.41) is 0. The van der Waals surface area contributed by atoms with E-state index in [1.165, 1.54) is 11.8 Å². The van der Waals surface area contributed by atoms with Crippen molar-refractivity contribution in [3.63, 3.8) is 0 Å². The number of fused-ring (bicyclic) bond motifs is 1. The average Bonchev–Trinajstić information content (AvgIpc) is 2.86. The molecule has 1 aromatic carbocycles. The van der Waals surface area contributed by atoms with Gasteiger partial charge in [-0.25, -0.2) is 4.98 Å². The van der Waals surface area contributed by atoms with E-state index in [0.717, 1.165) is 14.6 Å². The van der Waals surface area contributed by atoms with Gasteiger partial charge in [-0.05, 0) is 12.1 Å². The molecule has 0 spiro atoms. The highest BCUT2D eigenvalue weighted by atomic mass is 32.2. The number of thioether (sulfide) groups is 1. The zero-order chi connectivity index (χ0) is 14.4. The Kier molecular flexibility index (Phi) is 5.51. The van der Waals surface area contributed by atoms with Crippen LogP contribution in [-0.2, 0) is 4.79 Å². The van der Waals surface area contributed by atoms with Crippen molar-refractivity contribution in [1.29, 1.82) is 0 Å². The second kappa shape index (κ2) is 7.37. The first-order valence-electron chi connectivity index (χ1n) is 5.86. The normalized spacial score (nSPS) is 10.2. The first-order valence-corrected chi connectivity index (χ1v) is 8.07. The van der Waals surface area contributed by atoms with E-state index in [-0.39, 0.29) is 5.91 Å². The molecule has 0 saturated carbocycles. The zero-order valence-electron chi connectivity index (χ0n) is 10.6. The standard InChI is InChI=1S/C13H13N3OS3/c1-2-5-12(18)16-15-11(17)8-19-13-14-9-6-3-4-7-10(9)20-13/h2-4,6-7H,1,5,8H2,(H,15,17)(H,16,18). The van der Waals surface area contributed by atoms with Gasteiger partial charge in [-0.2, -0.15) is 0 Å². The fourth-order valence-corrected chi connectivity index (χ4v) is 3.44. The SMILES string of the molecule is C=CCC(=S)NNC(=O)CSc1nc2ccccc2s1. The van der Waals surface area contributed by atoms with Crippen molar-refractivity contribution in [2.24, 2.45) is 0 Å². The van der Waals surface area contributed by atoms with E-state index in [2.05, 4.69) is 22.4 Å². The van der Waals surface area contributed by atoms with Crippen molar-refractivity contribution in [3.05, 3.63) is 36.9 Å². The number of hydrazine groups is 1. The maximum Gasteiger partial charge on any atom is 0.248 e. The second-order valence-corrected chi connectivity index (χ2v) is 6.57. The second-order valence-electron chi connectivity index (χ2n) is 3.83. The molecule has 7 heteroatoms. The molecular formula is C13H13N3OS3. The molecule has 1 amide bonds. The maximum atomic E-state index is 11.6. The van der Waals surface area contributed by atoms with E-state index in [9.17, 15) is 4.79 Å². The molecule has 2 N–H and O–H groups in total. The molecule has 0 radical (unpaired) electrons. The van der Waals surface area contributed by atoms with Crippen LogP contribution in [0.1, 0.15) is 6.42 Å². The lowest BCUT2D eigenvalue weighted by molar-refractivity contribution is -0.119. The van der Waals surface area contributed by atoms with Crippen molar-refractivity contribution < 1.29 is 4.79 Å². The summed E-state index contributed by atoms with van der Waals surface area (Å²) in [7, 11) is 0. The number of nitrogens with zero attached hydrogens (tertiary/aromatic N) is 1. The van der Waals surface area contributed by atoms with Gasteiger partial charge in [0.15, 0.2) is 4.34 Å². The number of aromatic nitrogens is 1. The summed E-state index contributed by atoms with van der Waals surface area (Å²) >= 11 is 7.97. The topological polar surface area (TPSA) is 54.0 Å². The molecule has 0 bridgehead atoms. The van der Waals surface area contributed by atoms with E-state index in [1.807, 2.05) is 24.3 Å². The number of thiocarbonyl (C=S) groups is 1. The van der Waals surface area contributed by atoms with Gasteiger partial charge < -0.3 is 0 Å². The molecule has 0 unspecified atom stereocenters. The van der Waals surface area contributed by atoms with Crippen LogP contribution in [0, 0.1) is 0 Å². The largest absolute Gasteiger partial charge is 0.292 e. The van der Waals surface area contributed by atoms with Gasteiger partial charge in [0.05, 0.1) is 21.0 Å². The predicted octanol–water partition coefficient (Wildman–Crippen LogP) is 2.91. The Bertz CT molecular complexity index is 606. The van der Waals surface area contributed by atoms with Crippen LogP contribution in [0.4, 0.5) is 0 Å². The van der Waals surface area contributed by atoms with Crippen LogP contribution in [0.3, 0.4) is 0 Å². The molecule has 104 valence electrons. The number of amides is 1. The molecule has 0 fully saturated rings. The Labute approximate surface area is 130 Å². The summed E-state index contributed by atoms with van der Waals surface area (Å²) < 4.78 is 2.01. The van der Waals surface area contributed by atoms with Crippen LogP contribution in [0.15, 0.2) is 41.3 Å². The molecule has 20 heavy (non-hydrogen) atoms. The smallest absolute Gasteiger partial charge is 0.248 e. The third-order valence-electron chi connectivity index (χ3n) is 2.27. The molecule has 2 rings (SSSR count). The fraction of sp³-hybridized carbons (Fsp3) is 0.154. The number of thiazole rings is 1. The van der Waals surface area contributed by atoms with Crippen molar-refractivity contribution >= 4 is 56.4 Å². The van der Waals surface area contributed by atoms with E-state index in [4.69, 9.17) is 12.2 Å².